The lowest BCUT2D eigenvalue weighted by Gasteiger charge is -2.08. The normalized spacial score (nSPS) is 14.0. The van der Waals surface area contributed by atoms with Gasteiger partial charge in [0.05, 0.1) is 5.25 Å². The van der Waals surface area contributed by atoms with Crippen molar-refractivity contribution in [1.82, 2.24) is 0 Å². The summed E-state index contributed by atoms with van der Waals surface area (Å²) in [5.74, 6) is -0.354. The molecule has 0 fully saturated rings. The van der Waals surface area contributed by atoms with Crippen molar-refractivity contribution in [3.05, 3.63) is 35.1 Å². The summed E-state index contributed by atoms with van der Waals surface area (Å²) in [6, 6.07) is 4.15. The van der Waals surface area contributed by atoms with E-state index in [4.69, 9.17) is 10.7 Å². The van der Waals surface area contributed by atoms with Gasteiger partial charge in [-0.1, -0.05) is 12.1 Å². The summed E-state index contributed by atoms with van der Waals surface area (Å²) < 4.78 is 34.9. The van der Waals surface area contributed by atoms with Crippen LogP contribution in [0.5, 0.6) is 0 Å². The summed E-state index contributed by atoms with van der Waals surface area (Å²) >= 11 is 0. The summed E-state index contributed by atoms with van der Waals surface area (Å²) in [6.07, 6.45) is 0. The van der Waals surface area contributed by atoms with E-state index in [0.717, 1.165) is 0 Å². The van der Waals surface area contributed by atoms with Crippen LogP contribution in [0.25, 0.3) is 0 Å². The van der Waals surface area contributed by atoms with Gasteiger partial charge in [-0.3, -0.25) is 0 Å². The maximum Gasteiger partial charge on any atom is 0.239 e. The first kappa shape index (κ1) is 11.5. The molecule has 0 aromatic heterocycles. The predicted molar refractivity (Wildman–Crippen MR) is 54.3 cm³/mol. The molecule has 2 nitrogen and oxygen atoms in total. The summed E-state index contributed by atoms with van der Waals surface area (Å²) in [7, 11) is 1.55. The Kier molecular flexibility index (Phi) is 3.17. The average molecular weight is 237 g/mol. The van der Waals surface area contributed by atoms with E-state index in [1.807, 2.05) is 0 Å². The second-order valence-electron chi connectivity index (χ2n) is 3.13. The van der Waals surface area contributed by atoms with Crippen LogP contribution in [-0.2, 0) is 9.05 Å². The Balaban J connectivity index is 3.16. The zero-order valence-electron chi connectivity index (χ0n) is 7.79. The van der Waals surface area contributed by atoms with E-state index in [-0.39, 0.29) is 5.82 Å². The van der Waals surface area contributed by atoms with Gasteiger partial charge >= 0.3 is 0 Å². The minimum absolute atomic E-state index is 0.354. The molecule has 0 N–H and O–H groups in total. The second kappa shape index (κ2) is 3.87. The Hall–Kier alpha value is -0.610. The summed E-state index contributed by atoms with van der Waals surface area (Å²) in [4.78, 5) is 0. The van der Waals surface area contributed by atoms with Gasteiger partial charge in [0.15, 0.2) is 0 Å². The first-order valence-corrected chi connectivity index (χ1v) is 6.39. The molecule has 1 atom stereocenters. The molecule has 1 aromatic carbocycles. The summed E-state index contributed by atoms with van der Waals surface area (Å²) in [6.45, 7) is 3.04. The lowest BCUT2D eigenvalue weighted by molar-refractivity contribution is 0.599. The molecule has 0 radical (unpaired) electrons. The van der Waals surface area contributed by atoms with Crippen molar-refractivity contribution in [2.24, 2.45) is 0 Å². The number of aryl methyl sites for hydroxylation is 1. The van der Waals surface area contributed by atoms with Crippen LogP contribution in [0.15, 0.2) is 18.2 Å². The van der Waals surface area contributed by atoms with Gasteiger partial charge in [-0.15, -0.1) is 0 Å². The molecular formula is C9H10ClFO2S. The molecular weight excluding hydrogens is 227 g/mol. The van der Waals surface area contributed by atoms with Gasteiger partial charge < -0.3 is 0 Å². The SMILES string of the molecule is Cc1cc(C(C)S(=O)(=O)Cl)ccc1F. The molecule has 0 aliphatic rings. The maximum atomic E-state index is 12.9. The van der Waals surface area contributed by atoms with Gasteiger partial charge in [-0.05, 0) is 31.0 Å². The van der Waals surface area contributed by atoms with Crippen LogP contribution in [0.4, 0.5) is 4.39 Å². The zero-order chi connectivity index (χ0) is 10.9. The molecule has 0 saturated carbocycles. The van der Waals surface area contributed by atoms with E-state index in [2.05, 4.69) is 0 Å². The second-order valence-corrected chi connectivity index (χ2v) is 6.08. The quantitative estimate of drug-likeness (QED) is 0.740. The van der Waals surface area contributed by atoms with Crippen LogP contribution in [0.1, 0.15) is 23.3 Å². The van der Waals surface area contributed by atoms with E-state index < -0.39 is 14.3 Å². The molecule has 1 unspecified atom stereocenters. The highest BCUT2D eigenvalue weighted by atomic mass is 35.7. The highest BCUT2D eigenvalue weighted by Gasteiger charge is 2.19. The van der Waals surface area contributed by atoms with Crippen LogP contribution in [0.3, 0.4) is 0 Å². The van der Waals surface area contributed by atoms with Gasteiger partial charge in [0, 0.05) is 10.7 Å². The van der Waals surface area contributed by atoms with Crippen molar-refractivity contribution < 1.29 is 12.8 Å². The minimum Gasteiger partial charge on any atom is -0.212 e. The average Bonchev–Trinajstić information content (AvgIpc) is 2.07. The van der Waals surface area contributed by atoms with Gasteiger partial charge in [0.1, 0.15) is 5.82 Å². The highest BCUT2D eigenvalue weighted by molar-refractivity contribution is 8.13. The van der Waals surface area contributed by atoms with E-state index in [0.29, 0.717) is 11.1 Å². The summed E-state index contributed by atoms with van der Waals surface area (Å²) in [5, 5.41) is -0.816. The lowest BCUT2D eigenvalue weighted by Crippen LogP contribution is -2.03. The Bertz CT molecular complexity index is 442. The Morgan fingerprint density at radius 2 is 2.00 bits per heavy atom. The first-order chi connectivity index (χ1) is 6.32. The Labute approximate surface area is 87.1 Å². The molecule has 14 heavy (non-hydrogen) atoms. The van der Waals surface area contributed by atoms with Crippen molar-refractivity contribution in [3.8, 4) is 0 Å². The van der Waals surface area contributed by atoms with Crippen LogP contribution >= 0.6 is 10.7 Å². The van der Waals surface area contributed by atoms with Gasteiger partial charge in [0.25, 0.3) is 0 Å². The molecule has 0 amide bonds. The molecule has 0 aliphatic heterocycles. The minimum atomic E-state index is -3.64. The monoisotopic (exact) mass is 236 g/mol. The van der Waals surface area contributed by atoms with E-state index in [1.54, 1.807) is 6.92 Å². The highest BCUT2D eigenvalue weighted by Crippen LogP contribution is 2.26. The molecule has 0 saturated heterocycles. The number of hydrogen-bond acceptors (Lipinski definition) is 2. The van der Waals surface area contributed by atoms with Crippen LogP contribution in [-0.4, -0.2) is 8.42 Å². The van der Waals surface area contributed by atoms with Crippen LogP contribution in [0, 0.1) is 12.7 Å². The summed E-state index contributed by atoms with van der Waals surface area (Å²) in [5.41, 5.74) is 0.911. The third kappa shape index (κ3) is 2.45. The fourth-order valence-corrected chi connectivity index (χ4v) is 1.86. The fraction of sp³-hybridized carbons (Fsp3) is 0.333. The van der Waals surface area contributed by atoms with Crippen molar-refractivity contribution in [3.63, 3.8) is 0 Å². The van der Waals surface area contributed by atoms with Gasteiger partial charge in [-0.2, -0.15) is 0 Å². The Morgan fingerprint density at radius 3 is 2.43 bits per heavy atom. The molecule has 0 bridgehead atoms. The number of hydrogen-bond donors (Lipinski definition) is 0. The van der Waals surface area contributed by atoms with Crippen LogP contribution in [0.2, 0.25) is 0 Å². The van der Waals surface area contributed by atoms with Gasteiger partial charge in [-0.25, -0.2) is 12.8 Å². The van der Waals surface area contributed by atoms with E-state index >= 15 is 0 Å². The molecule has 0 heterocycles. The molecule has 0 aliphatic carbocycles. The predicted octanol–water partition coefficient (Wildman–Crippen LogP) is 2.76. The molecule has 1 aromatic rings. The maximum absolute atomic E-state index is 12.9. The molecule has 1 rings (SSSR count). The zero-order valence-corrected chi connectivity index (χ0v) is 9.36. The van der Waals surface area contributed by atoms with Crippen LogP contribution < -0.4 is 0 Å². The van der Waals surface area contributed by atoms with E-state index in [9.17, 15) is 12.8 Å². The fourth-order valence-electron chi connectivity index (χ4n) is 1.08. The third-order valence-corrected chi connectivity index (χ3v) is 3.99. The van der Waals surface area contributed by atoms with Crippen molar-refractivity contribution in [2.45, 2.75) is 19.1 Å². The third-order valence-electron chi connectivity index (χ3n) is 2.07. The van der Waals surface area contributed by atoms with Crippen molar-refractivity contribution in [2.75, 3.05) is 0 Å². The molecule has 0 spiro atoms. The van der Waals surface area contributed by atoms with Crippen molar-refractivity contribution in [1.29, 1.82) is 0 Å². The van der Waals surface area contributed by atoms with Gasteiger partial charge in [0.2, 0.25) is 9.05 Å². The number of benzene rings is 1. The van der Waals surface area contributed by atoms with E-state index in [1.165, 1.54) is 25.1 Å². The lowest BCUT2D eigenvalue weighted by atomic mass is 10.1. The Morgan fingerprint density at radius 1 is 1.43 bits per heavy atom. The largest absolute Gasteiger partial charge is 0.239 e. The smallest absolute Gasteiger partial charge is 0.212 e. The number of rotatable bonds is 2. The van der Waals surface area contributed by atoms with Crippen molar-refractivity contribution >= 4 is 19.7 Å². The first-order valence-electron chi connectivity index (χ1n) is 4.02. The number of halogens is 2. The molecule has 78 valence electrons. The topological polar surface area (TPSA) is 34.1 Å². The molecule has 5 heteroatoms. The standard InChI is InChI=1S/C9H10ClFO2S/c1-6-5-8(3-4-9(6)11)7(2)14(10,12)13/h3-5,7H,1-2H3.